The number of benzene rings is 2. The summed E-state index contributed by atoms with van der Waals surface area (Å²) in [6.45, 7) is 0.0559. The molecular weight excluding hydrogens is 352 g/mol. The topological polar surface area (TPSA) is 69.9 Å². The minimum atomic E-state index is -0.431. The molecule has 0 unspecified atom stereocenters. The molecule has 0 aliphatic rings. The number of pyridine rings is 1. The van der Waals surface area contributed by atoms with E-state index in [1.54, 1.807) is 35.3 Å². The smallest absolute Gasteiger partial charge is 0.338 e. The Hall–Kier alpha value is -3.25. The molecule has 0 saturated carbocycles. The SMILES string of the molecule is O=C(OCc1cc2ccccc2nc1Cl)c1ccc(-n2cncn2)cc1. The summed E-state index contributed by atoms with van der Waals surface area (Å²) in [4.78, 5) is 20.5. The standard InChI is InChI=1S/C19H13ClN4O2/c20-18-15(9-14-3-1-2-4-17(14)23-18)10-26-19(25)13-5-7-16(8-6-13)24-12-21-11-22-24/h1-9,11-12H,10H2. The minimum Gasteiger partial charge on any atom is -0.457 e. The summed E-state index contributed by atoms with van der Waals surface area (Å²) in [5.41, 5.74) is 2.72. The third-order valence-electron chi connectivity index (χ3n) is 3.90. The largest absolute Gasteiger partial charge is 0.457 e. The summed E-state index contributed by atoms with van der Waals surface area (Å²) in [6, 6.07) is 16.4. The summed E-state index contributed by atoms with van der Waals surface area (Å²) in [7, 11) is 0. The van der Waals surface area contributed by atoms with Crippen LogP contribution in [0.4, 0.5) is 0 Å². The van der Waals surface area contributed by atoms with Crippen LogP contribution in [0.2, 0.25) is 5.15 Å². The van der Waals surface area contributed by atoms with Crippen LogP contribution in [0.15, 0.2) is 67.3 Å². The molecule has 26 heavy (non-hydrogen) atoms. The number of esters is 1. The van der Waals surface area contributed by atoms with E-state index in [1.807, 2.05) is 30.3 Å². The highest BCUT2D eigenvalue weighted by molar-refractivity contribution is 6.30. The van der Waals surface area contributed by atoms with Crippen molar-refractivity contribution in [2.24, 2.45) is 0 Å². The van der Waals surface area contributed by atoms with Crippen LogP contribution in [-0.2, 0) is 11.3 Å². The maximum Gasteiger partial charge on any atom is 0.338 e. The lowest BCUT2D eigenvalue weighted by molar-refractivity contribution is 0.0472. The Labute approximate surface area is 154 Å². The monoisotopic (exact) mass is 364 g/mol. The molecule has 0 fully saturated rings. The fourth-order valence-electron chi connectivity index (χ4n) is 2.56. The molecule has 0 N–H and O–H groups in total. The van der Waals surface area contributed by atoms with Gasteiger partial charge in [0.05, 0.1) is 16.8 Å². The Bertz CT molecular complexity index is 1060. The van der Waals surface area contributed by atoms with Crippen LogP contribution < -0.4 is 0 Å². The van der Waals surface area contributed by atoms with Crippen LogP contribution in [-0.4, -0.2) is 25.7 Å². The van der Waals surface area contributed by atoms with Crippen molar-refractivity contribution in [2.45, 2.75) is 6.61 Å². The van der Waals surface area contributed by atoms with Crippen molar-refractivity contribution in [3.05, 3.63) is 83.5 Å². The van der Waals surface area contributed by atoms with Gasteiger partial charge in [-0.3, -0.25) is 0 Å². The molecule has 0 saturated heterocycles. The Kier molecular flexibility index (Phi) is 4.33. The Balaban J connectivity index is 1.48. The Morgan fingerprint density at radius 2 is 1.92 bits per heavy atom. The molecule has 7 heteroatoms. The van der Waals surface area contributed by atoms with Gasteiger partial charge < -0.3 is 4.74 Å². The molecule has 0 aliphatic carbocycles. The second kappa shape index (κ2) is 6.93. The van der Waals surface area contributed by atoms with E-state index in [-0.39, 0.29) is 6.61 Å². The van der Waals surface area contributed by atoms with E-state index in [0.29, 0.717) is 16.3 Å². The van der Waals surface area contributed by atoms with Gasteiger partial charge in [-0.2, -0.15) is 5.10 Å². The normalized spacial score (nSPS) is 10.8. The van der Waals surface area contributed by atoms with Gasteiger partial charge in [-0.05, 0) is 36.4 Å². The summed E-state index contributed by atoms with van der Waals surface area (Å²) in [5, 5.41) is 5.32. The first-order valence-corrected chi connectivity index (χ1v) is 8.25. The third-order valence-corrected chi connectivity index (χ3v) is 4.22. The van der Waals surface area contributed by atoms with E-state index in [0.717, 1.165) is 16.6 Å². The fourth-order valence-corrected chi connectivity index (χ4v) is 2.76. The van der Waals surface area contributed by atoms with Gasteiger partial charge in [0.1, 0.15) is 24.4 Å². The highest BCUT2D eigenvalue weighted by Gasteiger charge is 2.11. The number of nitrogens with zero attached hydrogens (tertiary/aromatic N) is 4. The van der Waals surface area contributed by atoms with Crippen molar-refractivity contribution in [2.75, 3.05) is 0 Å². The predicted octanol–water partition coefficient (Wildman–Crippen LogP) is 3.83. The summed E-state index contributed by atoms with van der Waals surface area (Å²) >= 11 is 6.19. The molecule has 128 valence electrons. The van der Waals surface area contributed by atoms with Crippen LogP contribution in [0.5, 0.6) is 0 Å². The molecule has 0 bridgehead atoms. The van der Waals surface area contributed by atoms with Gasteiger partial charge in [0.25, 0.3) is 0 Å². The highest BCUT2D eigenvalue weighted by atomic mass is 35.5. The van der Waals surface area contributed by atoms with Crippen molar-refractivity contribution >= 4 is 28.5 Å². The van der Waals surface area contributed by atoms with Crippen LogP contribution >= 0.6 is 11.6 Å². The van der Waals surface area contributed by atoms with Crippen LogP contribution in [0.1, 0.15) is 15.9 Å². The van der Waals surface area contributed by atoms with Gasteiger partial charge in [0.2, 0.25) is 0 Å². The van der Waals surface area contributed by atoms with E-state index < -0.39 is 5.97 Å². The predicted molar refractivity (Wildman–Crippen MR) is 97.2 cm³/mol. The van der Waals surface area contributed by atoms with Gasteiger partial charge in [0.15, 0.2) is 0 Å². The fraction of sp³-hybridized carbons (Fsp3) is 0.0526. The number of rotatable bonds is 4. The zero-order valence-corrected chi connectivity index (χ0v) is 14.3. The molecule has 6 nitrogen and oxygen atoms in total. The first-order valence-electron chi connectivity index (χ1n) is 7.87. The van der Waals surface area contributed by atoms with Gasteiger partial charge >= 0.3 is 5.97 Å². The number of hydrogen-bond donors (Lipinski definition) is 0. The highest BCUT2D eigenvalue weighted by Crippen LogP contribution is 2.21. The van der Waals surface area contributed by atoms with E-state index in [9.17, 15) is 4.79 Å². The summed E-state index contributed by atoms with van der Waals surface area (Å²) in [6.07, 6.45) is 3.03. The molecule has 2 aromatic heterocycles. The third kappa shape index (κ3) is 3.27. The van der Waals surface area contributed by atoms with Crippen LogP contribution in [0.25, 0.3) is 16.6 Å². The van der Waals surface area contributed by atoms with E-state index in [1.165, 1.54) is 6.33 Å². The number of hydrogen-bond acceptors (Lipinski definition) is 5. The van der Waals surface area contributed by atoms with E-state index >= 15 is 0 Å². The van der Waals surface area contributed by atoms with Gasteiger partial charge in [-0.25, -0.2) is 19.4 Å². The number of ether oxygens (including phenoxy) is 1. The van der Waals surface area contributed by atoms with Crippen LogP contribution in [0.3, 0.4) is 0 Å². The van der Waals surface area contributed by atoms with Crippen molar-refractivity contribution in [3.8, 4) is 5.69 Å². The lowest BCUT2D eigenvalue weighted by atomic mass is 10.1. The lowest BCUT2D eigenvalue weighted by Gasteiger charge is -2.08. The maximum absolute atomic E-state index is 12.3. The van der Waals surface area contributed by atoms with Crippen molar-refractivity contribution in [3.63, 3.8) is 0 Å². The van der Waals surface area contributed by atoms with E-state index in [4.69, 9.17) is 16.3 Å². The average molecular weight is 365 g/mol. The maximum atomic E-state index is 12.3. The average Bonchev–Trinajstić information content (AvgIpc) is 3.21. The van der Waals surface area contributed by atoms with Crippen LogP contribution in [0, 0.1) is 0 Å². The Morgan fingerprint density at radius 3 is 2.69 bits per heavy atom. The summed E-state index contributed by atoms with van der Waals surface area (Å²) < 4.78 is 6.98. The van der Waals surface area contributed by atoms with Gasteiger partial charge in [0, 0.05) is 10.9 Å². The second-order valence-corrected chi connectivity index (χ2v) is 5.95. The van der Waals surface area contributed by atoms with Gasteiger partial charge in [-0.15, -0.1) is 0 Å². The first-order chi connectivity index (χ1) is 12.7. The van der Waals surface area contributed by atoms with Crippen molar-refractivity contribution < 1.29 is 9.53 Å². The number of carbonyl (C=O) groups excluding carboxylic acids is 1. The zero-order chi connectivity index (χ0) is 17.9. The molecule has 4 rings (SSSR count). The van der Waals surface area contributed by atoms with Crippen molar-refractivity contribution in [1.29, 1.82) is 0 Å². The molecule has 0 spiro atoms. The zero-order valence-electron chi connectivity index (χ0n) is 13.5. The molecule has 0 radical (unpaired) electrons. The number of aromatic nitrogens is 4. The number of para-hydroxylation sites is 1. The summed E-state index contributed by atoms with van der Waals surface area (Å²) in [5.74, 6) is -0.431. The lowest BCUT2D eigenvalue weighted by Crippen LogP contribution is -2.06. The quantitative estimate of drug-likeness (QED) is 0.406. The Morgan fingerprint density at radius 1 is 1.12 bits per heavy atom. The number of carbonyl (C=O) groups is 1. The molecule has 2 aromatic carbocycles. The first kappa shape index (κ1) is 16.2. The molecule has 2 heterocycles. The molecule has 4 aromatic rings. The number of fused-ring (bicyclic) bond motifs is 1. The van der Waals surface area contributed by atoms with E-state index in [2.05, 4.69) is 15.1 Å². The second-order valence-electron chi connectivity index (χ2n) is 5.59. The molecular formula is C19H13ClN4O2. The molecule has 0 atom stereocenters. The molecule has 0 amide bonds. The van der Waals surface area contributed by atoms with Gasteiger partial charge in [-0.1, -0.05) is 29.8 Å². The number of halogens is 1. The minimum absolute atomic E-state index is 0.0559. The van der Waals surface area contributed by atoms with Crippen molar-refractivity contribution in [1.82, 2.24) is 19.7 Å². The molecule has 0 aliphatic heterocycles.